The van der Waals surface area contributed by atoms with Crippen LogP contribution in [0, 0.1) is 11.8 Å². The van der Waals surface area contributed by atoms with E-state index in [0.29, 0.717) is 23.6 Å². The molecule has 1 saturated heterocycles. The van der Waals surface area contributed by atoms with E-state index < -0.39 is 0 Å². The fourth-order valence-electron chi connectivity index (χ4n) is 4.41. The van der Waals surface area contributed by atoms with Crippen LogP contribution in [0.4, 0.5) is 5.13 Å². The number of hydrogen-bond donors (Lipinski definition) is 1. The quantitative estimate of drug-likeness (QED) is 0.665. The van der Waals surface area contributed by atoms with Crippen molar-refractivity contribution in [1.82, 2.24) is 19.6 Å². The first kappa shape index (κ1) is 18.6. The van der Waals surface area contributed by atoms with Crippen LogP contribution in [0.1, 0.15) is 31.9 Å². The third-order valence-corrected chi connectivity index (χ3v) is 7.05. The summed E-state index contributed by atoms with van der Waals surface area (Å²) in [5.74, 6) is 2.06. The molecule has 1 aliphatic heterocycles. The lowest BCUT2D eigenvalue weighted by Crippen LogP contribution is -2.35. The molecule has 0 unspecified atom stereocenters. The Balaban J connectivity index is 1.48. The number of aromatic nitrogens is 4. The molecule has 1 fully saturated rings. The molecule has 152 valence electrons. The summed E-state index contributed by atoms with van der Waals surface area (Å²) in [5.41, 5.74) is 9.13. The van der Waals surface area contributed by atoms with Crippen molar-refractivity contribution in [3.8, 4) is 17.1 Å². The van der Waals surface area contributed by atoms with E-state index in [-0.39, 0.29) is 6.04 Å². The molecule has 1 aliphatic carbocycles. The summed E-state index contributed by atoms with van der Waals surface area (Å²) in [5, 5.41) is 5.90. The van der Waals surface area contributed by atoms with Gasteiger partial charge in [0.05, 0.1) is 24.6 Å². The van der Waals surface area contributed by atoms with Crippen LogP contribution < -0.4 is 15.4 Å². The molecule has 0 aromatic carbocycles. The minimum atomic E-state index is 0.146. The molecule has 0 radical (unpaired) electrons. The summed E-state index contributed by atoms with van der Waals surface area (Å²) in [4.78, 5) is 12.5. The molecule has 3 aromatic rings. The summed E-state index contributed by atoms with van der Waals surface area (Å²) in [6.45, 7) is 6.21. The van der Waals surface area contributed by atoms with E-state index >= 15 is 0 Å². The molecule has 2 aliphatic rings. The summed E-state index contributed by atoms with van der Waals surface area (Å²) >= 11 is 1.62. The summed E-state index contributed by atoms with van der Waals surface area (Å²) < 4.78 is 7.50. The normalized spacial score (nSPS) is 23.9. The average Bonchev–Trinajstić information content (AvgIpc) is 3.41. The first-order valence-electron chi connectivity index (χ1n) is 10.1. The van der Waals surface area contributed by atoms with Gasteiger partial charge < -0.3 is 15.4 Å². The second kappa shape index (κ2) is 7.11. The van der Waals surface area contributed by atoms with E-state index in [2.05, 4.69) is 53.0 Å². The molecule has 3 atom stereocenters. The molecular formula is C21H26N6OS. The lowest BCUT2D eigenvalue weighted by atomic mass is 9.83. The van der Waals surface area contributed by atoms with Crippen LogP contribution in [0.15, 0.2) is 30.5 Å². The fraction of sp³-hybridized carbons (Fsp3) is 0.476. The van der Waals surface area contributed by atoms with Gasteiger partial charge in [-0.25, -0.2) is 14.5 Å². The molecule has 5 rings (SSSR count). The van der Waals surface area contributed by atoms with Crippen LogP contribution in [0.3, 0.4) is 0 Å². The summed E-state index contributed by atoms with van der Waals surface area (Å²) in [6.07, 6.45) is 7.33. The van der Waals surface area contributed by atoms with E-state index in [1.165, 1.54) is 0 Å². The van der Waals surface area contributed by atoms with Crippen LogP contribution in [0.2, 0.25) is 0 Å². The van der Waals surface area contributed by atoms with E-state index in [4.69, 9.17) is 15.6 Å². The second-order valence-corrected chi connectivity index (χ2v) is 9.17. The number of methoxy groups -OCH3 is 1. The number of ether oxygens (including phenoxy) is 1. The zero-order valence-corrected chi connectivity index (χ0v) is 17.8. The number of fused-ring (bicyclic) bond motifs is 2. The number of rotatable bonds is 4. The molecule has 29 heavy (non-hydrogen) atoms. The zero-order chi connectivity index (χ0) is 20.1. The monoisotopic (exact) mass is 410 g/mol. The van der Waals surface area contributed by atoms with E-state index in [1.807, 2.05) is 10.7 Å². The molecule has 0 bridgehead atoms. The van der Waals surface area contributed by atoms with Gasteiger partial charge in [-0.15, -0.1) is 5.10 Å². The largest absolute Gasteiger partial charge is 0.480 e. The van der Waals surface area contributed by atoms with Crippen molar-refractivity contribution in [2.45, 2.75) is 32.2 Å². The van der Waals surface area contributed by atoms with Crippen LogP contribution in [-0.4, -0.2) is 45.8 Å². The van der Waals surface area contributed by atoms with E-state index in [1.54, 1.807) is 18.4 Å². The van der Waals surface area contributed by atoms with Crippen LogP contribution in [-0.2, 0) is 0 Å². The molecule has 0 saturated carbocycles. The van der Waals surface area contributed by atoms with Gasteiger partial charge in [-0.1, -0.05) is 37.3 Å². The van der Waals surface area contributed by atoms with Gasteiger partial charge in [0.25, 0.3) is 0 Å². The number of hydrogen-bond acceptors (Lipinski definition) is 7. The Labute approximate surface area is 174 Å². The minimum absolute atomic E-state index is 0.146. The Morgan fingerprint density at radius 1 is 1.28 bits per heavy atom. The molecule has 4 heterocycles. The van der Waals surface area contributed by atoms with Crippen LogP contribution in [0.25, 0.3) is 16.2 Å². The Morgan fingerprint density at radius 2 is 2.14 bits per heavy atom. The average molecular weight is 411 g/mol. The molecule has 3 aromatic heterocycles. The van der Waals surface area contributed by atoms with Gasteiger partial charge in [0, 0.05) is 24.8 Å². The maximum Gasteiger partial charge on any atom is 0.222 e. The van der Waals surface area contributed by atoms with E-state index in [9.17, 15) is 0 Å². The Bertz CT molecular complexity index is 1070. The van der Waals surface area contributed by atoms with Gasteiger partial charge in [0.1, 0.15) is 0 Å². The number of allylic oxidation sites excluding steroid dienone is 1. The number of nitrogens with two attached hydrogens (primary N) is 1. The smallest absolute Gasteiger partial charge is 0.222 e. The number of imidazole rings is 1. The standard InChI is InChI=1S/C21H26N6OS/c1-12(2)17-8-7-14(19(24-17)28-3)18-9-23-20-27(18)25-21(29-20)26-10-13-5-4-6-16(22)15(13)11-26/h4,6-9,12-13,15-16H,5,10-11,22H2,1-3H3/t13-,15+,16-/m1/s1. The highest BCUT2D eigenvalue weighted by molar-refractivity contribution is 7.20. The maximum absolute atomic E-state index is 6.31. The van der Waals surface area contributed by atoms with Gasteiger partial charge in [-0.05, 0) is 36.3 Å². The predicted molar refractivity (Wildman–Crippen MR) is 116 cm³/mol. The Kier molecular flexibility index (Phi) is 4.55. The van der Waals surface area contributed by atoms with Crippen molar-refractivity contribution in [2.75, 3.05) is 25.1 Å². The van der Waals surface area contributed by atoms with Crippen molar-refractivity contribution in [1.29, 1.82) is 0 Å². The fourth-order valence-corrected chi connectivity index (χ4v) is 5.31. The summed E-state index contributed by atoms with van der Waals surface area (Å²) in [6, 6.07) is 4.25. The number of anilines is 1. The highest BCUT2D eigenvalue weighted by atomic mass is 32.1. The molecule has 7 nitrogen and oxygen atoms in total. The maximum atomic E-state index is 6.31. The lowest BCUT2D eigenvalue weighted by Gasteiger charge is -2.24. The topological polar surface area (TPSA) is 81.6 Å². The Hall–Kier alpha value is -2.45. The van der Waals surface area contributed by atoms with Crippen molar-refractivity contribution >= 4 is 21.4 Å². The first-order valence-corrected chi connectivity index (χ1v) is 10.9. The minimum Gasteiger partial charge on any atom is -0.480 e. The molecule has 8 heteroatoms. The van der Waals surface area contributed by atoms with Gasteiger partial charge in [0.15, 0.2) is 0 Å². The summed E-state index contributed by atoms with van der Waals surface area (Å²) in [7, 11) is 1.66. The second-order valence-electron chi connectivity index (χ2n) is 8.24. The zero-order valence-electron chi connectivity index (χ0n) is 16.9. The molecule has 0 amide bonds. The van der Waals surface area contributed by atoms with E-state index in [0.717, 1.165) is 46.6 Å². The lowest BCUT2D eigenvalue weighted by molar-refractivity contribution is 0.371. The first-order chi connectivity index (χ1) is 14.0. The molecule has 0 spiro atoms. The Morgan fingerprint density at radius 3 is 2.90 bits per heavy atom. The molecule has 2 N–H and O–H groups in total. The van der Waals surface area contributed by atoms with Crippen LogP contribution >= 0.6 is 11.3 Å². The SMILES string of the molecule is COc1nc(C(C)C)ccc1-c1cnc2sc(N3C[C@H]4CC=C[C@@H](N)[C@H]4C3)nn12. The van der Waals surface area contributed by atoms with Gasteiger partial charge in [-0.2, -0.15) is 0 Å². The van der Waals surface area contributed by atoms with Crippen LogP contribution in [0.5, 0.6) is 5.88 Å². The predicted octanol–water partition coefficient (Wildman–Crippen LogP) is 3.32. The van der Waals surface area contributed by atoms with Crippen molar-refractivity contribution in [2.24, 2.45) is 17.6 Å². The van der Waals surface area contributed by atoms with Crippen molar-refractivity contribution in [3.63, 3.8) is 0 Å². The van der Waals surface area contributed by atoms with Crippen molar-refractivity contribution in [3.05, 3.63) is 36.2 Å². The number of pyridine rings is 1. The highest BCUT2D eigenvalue weighted by Crippen LogP contribution is 2.38. The third-order valence-electron chi connectivity index (χ3n) is 6.07. The van der Waals surface area contributed by atoms with Gasteiger partial charge >= 0.3 is 0 Å². The van der Waals surface area contributed by atoms with Crippen molar-refractivity contribution < 1.29 is 4.74 Å². The third kappa shape index (κ3) is 3.11. The van der Waals surface area contributed by atoms with Gasteiger partial charge in [-0.3, -0.25) is 0 Å². The molecular weight excluding hydrogens is 384 g/mol. The van der Waals surface area contributed by atoms with Gasteiger partial charge in [0.2, 0.25) is 16.0 Å². The number of nitrogens with zero attached hydrogens (tertiary/aromatic N) is 5. The highest BCUT2D eigenvalue weighted by Gasteiger charge is 2.38.